The zero-order valence-corrected chi connectivity index (χ0v) is 9.85. The fourth-order valence-electron chi connectivity index (χ4n) is 1.75. The van der Waals surface area contributed by atoms with Crippen LogP contribution in [0.1, 0.15) is 18.4 Å². The zero-order valence-electron chi connectivity index (χ0n) is 8.33. The molecule has 1 heterocycles. The lowest BCUT2D eigenvalue weighted by Crippen LogP contribution is -2.22. The van der Waals surface area contributed by atoms with Crippen molar-refractivity contribution < 1.29 is 9.84 Å². The van der Waals surface area contributed by atoms with Crippen LogP contribution in [-0.4, -0.2) is 11.7 Å². The van der Waals surface area contributed by atoms with Gasteiger partial charge in [-0.15, -0.1) is 0 Å². The lowest BCUT2D eigenvalue weighted by atomic mass is 9.91. The first kappa shape index (κ1) is 11.5. The number of nitrogens with zero attached hydrogens (tertiary/aromatic N) is 1. The van der Waals surface area contributed by atoms with E-state index >= 15 is 0 Å². The Kier molecular flexibility index (Phi) is 2.98. The number of fused-ring (bicyclic) bond motifs is 1. The van der Waals surface area contributed by atoms with E-state index in [9.17, 15) is 5.11 Å². The van der Waals surface area contributed by atoms with Gasteiger partial charge in [-0.3, -0.25) is 0 Å². The number of aliphatic hydroxyl groups is 1. The SMILES string of the molecule is N#CC1(O)CCCOc2c1ccc(Cl)c2Cl. The highest BCUT2D eigenvalue weighted by Gasteiger charge is 2.35. The summed E-state index contributed by atoms with van der Waals surface area (Å²) in [5.41, 5.74) is -1.15. The normalized spacial score (nSPS) is 23.9. The van der Waals surface area contributed by atoms with Crippen molar-refractivity contribution >= 4 is 23.2 Å². The minimum atomic E-state index is -1.54. The Bertz CT molecular complexity index is 470. The van der Waals surface area contributed by atoms with Crippen molar-refractivity contribution in [3.8, 4) is 11.8 Å². The van der Waals surface area contributed by atoms with Gasteiger partial charge >= 0.3 is 0 Å². The van der Waals surface area contributed by atoms with Crippen LogP contribution in [0.5, 0.6) is 5.75 Å². The summed E-state index contributed by atoms with van der Waals surface area (Å²) in [5, 5.41) is 19.8. The number of halogens is 2. The average Bonchev–Trinajstić information content (AvgIpc) is 2.45. The maximum atomic E-state index is 10.2. The number of hydrogen-bond donors (Lipinski definition) is 1. The first-order valence-corrected chi connectivity index (χ1v) is 5.59. The zero-order chi connectivity index (χ0) is 11.8. The summed E-state index contributed by atoms with van der Waals surface area (Å²) in [7, 11) is 0. The van der Waals surface area contributed by atoms with Crippen molar-refractivity contribution in [2.24, 2.45) is 0 Å². The molecule has 0 amide bonds. The molecule has 16 heavy (non-hydrogen) atoms. The molecule has 0 fully saturated rings. The fraction of sp³-hybridized carbons (Fsp3) is 0.364. The summed E-state index contributed by atoms with van der Waals surface area (Å²) in [6.07, 6.45) is 0.918. The van der Waals surface area contributed by atoms with Crippen LogP contribution < -0.4 is 4.74 Å². The largest absolute Gasteiger partial charge is 0.492 e. The maximum Gasteiger partial charge on any atom is 0.180 e. The summed E-state index contributed by atoms with van der Waals surface area (Å²) in [6.45, 7) is 0.414. The quantitative estimate of drug-likeness (QED) is 0.728. The molecule has 1 atom stereocenters. The second kappa shape index (κ2) is 4.14. The highest BCUT2D eigenvalue weighted by molar-refractivity contribution is 6.43. The van der Waals surface area contributed by atoms with Crippen molar-refractivity contribution in [1.29, 1.82) is 5.26 Å². The first-order chi connectivity index (χ1) is 7.58. The number of nitriles is 1. The highest BCUT2D eigenvalue weighted by Crippen LogP contribution is 2.43. The predicted octanol–water partition coefficient (Wildman–Crippen LogP) is 2.88. The Labute approximate surface area is 103 Å². The van der Waals surface area contributed by atoms with E-state index in [2.05, 4.69) is 0 Å². The molecular formula is C11H9Cl2NO2. The summed E-state index contributed by atoms with van der Waals surface area (Å²) < 4.78 is 5.43. The van der Waals surface area contributed by atoms with Gasteiger partial charge in [-0.25, -0.2) is 0 Å². The molecular weight excluding hydrogens is 249 g/mol. The van der Waals surface area contributed by atoms with E-state index in [-0.39, 0.29) is 5.02 Å². The fourth-order valence-corrected chi connectivity index (χ4v) is 2.12. The van der Waals surface area contributed by atoms with Gasteiger partial charge in [-0.1, -0.05) is 23.2 Å². The van der Waals surface area contributed by atoms with Crippen LogP contribution in [0.3, 0.4) is 0 Å². The van der Waals surface area contributed by atoms with E-state index in [1.165, 1.54) is 0 Å². The molecule has 0 saturated carbocycles. The van der Waals surface area contributed by atoms with Crippen LogP contribution in [0, 0.1) is 11.3 Å². The van der Waals surface area contributed by atoms with E-state index in [0.29, 0.717) is 35.8 Å². The van der Waals surface area contributed by atoms with Crippen molar-refractivity contribution in [3.63, 3.8) is 0 Å². The second-order valence-electron chi connectivity index (χ2n) is 3.66. The van der Waals surface area contributed by atoms with Gasteiger partial charge < -0.3 is 9.84 Å². The number of hydrogen-bond acceptors (Lipinski definition) is 3. The van der Waals surface area contributed by atoms with Crippen molar-refractivity contribution in [2.75, 3.05) is 6.61 Å². The molecule has 3 nitrogen and oxygen atoms in total. The van der Waals surface area contributed by atoms with Gasteiger partial charge in [0.05, 0.1) is 11.6 Å². The lowest BCUT2D eigenvalue weighted by molar-refractivity contribution is 0.0884. The Balaban J connectivity index is 2.65. The molecule has 0 saturated heterocycles. The van der Waals surface area contributed by atoms with Crippen LogP contribution in [0.4, 0.5) is 0 Å². The van der Waals surface area contributed by atoms with Crippen LogP contribution in [0.2, 0.25) is 10.0 Å². The van der Waals surface area contributed by atoms with E-state index in [0.717, 1.165) is 0 Å². The van der Waals surface area contributed by atoms with Crippen molar-refractivity contribution in [2.45, 2.75) is 18.4 Å². The molecule has 0 aliphatic carbocycles. The molecule has 84 valence electrons. The van der Waals surface area contributed by atoms with Crippen molar-refractivity contribution in [3.05, 3.63) is 27.7 Å². The molecule has 0 aromatic heterocycles. The first-order valence-electron chi connectivity index (χ1n) is 4.83. The van der Waals surface area contributed by atoms with Crippen LogP contribution in [-0.2, 0) is 5.60 Å². The molecule has 1 aromatic rings. The third kappa shape index (κ3) is 1.73. The maximum absolute atomic E-state index is 10.2. The third-order valence-corrected chi connectivity index (χ3v) is 3.40. The summed E-state index contributed by atoms with van der Waals surface area (Å²) >= 11 is 11.8. The lowest BCUT2D eigenvalue weighted by Gasteiger charge is -2.20. The van der Waals surface area contributed by atoms with Gasteiger partial charge in [0.2, 0.25) is 0 Å². The molecule has 0 radical (unpaired) electrons. The van der Waals surface area contributed by atoms with Gasteiger partial charge in [-0.2, -0.15) is 5.26 Å². The minimum Gasteiger partial charge on any atom is -0.492 e. The Hall–Kier alpha value is -0.950. The summed E-state index contributed by atoms with van der Waals surface area (Å²) in [4.78, 5) is 0. The molecule has 1 N–H and O–H groups in total. The minimum absolute atomic E-state index is 0.245. The summed E-state index contributed by atoms with van der Waals surface area (Å²) in [6, 6.07) is 5.03. The van der Waals surface area contributed by atoms with Crippen LogP contribution in [0.25, 0.3) is 0 Å². The van der Waals surface area contributed by atoms with E-state index in [1.54, 1.807) is 12.1 Å². The predicted molar refractivity (Wildman–Crippen MR) is 60.7 cm³/mol. The van der Waals surface area contributed by atoms with E-state index in [1.807, 2.05) is 6.07 Å². The van der Waals surface area contributed by atoms with E-state index in [4.69, 9.17) is 33.2 Å². The van der Waals surface area contributed by atoms with E-state index < -0.39 is 5.60 Å². The van der Waals surface area contributed by atoms with Crippen LogP contribution >= 0.6 is 23.2 Å². The standard InChI is InChI=1S/C11H9Cl2NO2/c12-8-3-2-7-10(9(8)13)16-5-1-4-11(7,15)6-14/h2-3,15H,1,4-5H2. The van der Waals surface area contributed by atoms with Gasteiger partial charge in [-0.05, 0) is 25.0 Å². The second-order valence-corrected chi connectivity index (χ2v) is 4.45. The average molecular weight is 258 g/mol. The van der Waals surface area contributed by atoms with Gasteiger partial charge in [0.15, 0.2) is 5.60 Å². The Morgan fingerprint density at radius 1 is 1.44 bits per heavy atom. The molecule has 5 heteroatoms. The molecule has 1 aliphatic rings. The topological polar surface area (TPSA) is 53.2 Å². The third-order valence-electron chi connectivity index (χ3n) is 2.61. The monoisotopic (exact) mass is 257 g/mol. The molecule has 1 aromatic carbocycles. The van der Waals surface area contributed by atoms with Gasteiger partial charge in [0.25, 0.3) is 0 Å². The highest BCUT2D eigenvalue weighted by atomic mass is 35.5. The smallest absolute Gasteiger partial charge is 0.180 e. The molecule has 1 unspecified atom stereocenters. The number of rotatable bonds is 0. The summed E-state index contributed by atoms with van der Waals surface area (Å²) in [5.74, 6) is 0.315. The molecule has 2 rings (SSSR count). The Morgan fingerprint density at radius 2 is 2.19 bits per heavy atom. The van der Waals surface area contributed by atoms with Gasteiger partial charge in [0.1, 0.15) is 16.8 Å². The van der Waals surface area contributed by atoms with Gasteiger partial charge in [0, 0.05) is 5.56 Å². The Morgan fingerprint density at radius 3 is 2.88 bits per heavy atom. The van der Waals surface area contributed by atoms with Crippen molar-refractivity contribution in [1.82, 2.24) is 0 Å². The van der Waals surface area contributed by atoms with Crippen LogP contribution in [0.15, 0.2) is 12.1 Å². The molecule has 0 bridgehead atoms. The molecule has 1 aliphatic heterocycles. The number of benzene rings is 1. The molecule has 0 spiro atoms. The number of ether oxygens (including phenoxy) is 1.